The Labute approximate surface area is 161 Å². The molecule has 0 aliphatic heterocycles. The first-order valence-corrected chi connectivity index (χ1v) is 10.1. The quantitative estimate of drug-likeness (QED) is 0.431. The van der Waals surface area contributed by atoms with Crippen molar-refractivity contribution in [3.8, 4) is 11.8 Å². The maximum atomic E-state index is 13.2. The minimum atomic E-state index is -0.222. The third-order valence-electron chi connectivity index (χ3n) is 5.96. The summed E-state index contributed by atoms with van der Waals surface area (Å²) >= 11 is 0. The molecule has 2 unspecified atom stereocenters. The molecule has 136 valence electrons. The highest BCUT2D eigenvalue weighted by molar-refractivity contribution is 5.88. The maximum Gasteiger partial charge on any atom is 0.123 e. The molecule has 0 amide bonds. The van der Waals surface area contributed by atoms with Crippen LogP contribution < -0.4 is 0 Å². The lowest BCUT2D eigenvalue weighted by Gasteiger charge is -2.32. The van der Waals surface area contributed by atoms with Gasteiger partial charge in [-0.3, -0.25) is 0 Å². The summed E-state index contributed by atoms with van der Waals surface area (Å²) in [6.45, 7) is 2.32. The molecule has 4 rings (SSSR count). The van der Waals surface area contributed by atoms with Crippen LogP contribution in [-0.2, 0) is 0 Å². The van der Waals surface area contributed by atoms with Gasteiger partial charge >= 0.3 is 0 Å². The van der Waals surface area contributed by atoms with Crippen LogP contribution in [0.25, 0.3) is 10.8 Å². The zero-order chi connectivity index (χ0) is 18.6. The first kappa shape index (κ1) is 17.8. The van der Waals surface area contributed by atoms with E-state index in [1.165, 1.54) is 60.6 Å². The molecule has 1 heteroatoms. The van der Waals surface area contributed by atoms with Crippen molar-refractivity contribution in [2.45, 2.75) is 44.9 Å². The molecule has 0 bridgehead atoms. The number of hydrogen-bond donors (Lipinski definition) is 0. The van der Waals surface area contributed by atoms with Crippen LogP contribution in [0.4, 0.5) is 4.39 Å². The molecule has 0 spiro atoms. The highest BCUT2D eigenvalue weighted by Crippen LogP contribution is 2.43. The molecule has 0 heterocycles. The van der Waals surface area contributed by atoms with Crippen molar-refractivity contribution < 1.29 is 4.39 Å². The minimum absolute atomic E-state index is 0.222. The molecular formula is C26H25F. The van der Waals surface area contributed by atoms with E-state index in [-0.39, 0.29) is 5.82 Å². The second-order valence-electron chi connectivity index (χ2n) is 7.56. The van der Waals surface area contributed by atoms with Crippen LogP contribution in [-0.4, -0.2) is 0 Å². The van der Waals surface area contributed by atoms with E-state index in [9.17, 15) is 4.39 Å². The van der Waals surface area contributed by atoms with Gasteiger partial charge in [-0.25, -0.2) is 4.39 Å². The predicted octanol–water partition coefficient (Wildman–Crippen LogP) is 7.06. The molecule has 2 atom stereocenters. The van der Waals surface area contributed by atoms with Gasteiger partial charge in [-0.1, -0.05) is 68.4 Å². The van der Waals surface area contributed by atoms with Crippen LogP contribution >= 0.6 is 0 Å². The van der Waals surface area contributed by atoms with E-state index in [1.807, 2.05) is 0 Å². The van der Waals surface area contributed by atoms with Gasteiger partial charge in [-0.05, 0) is 71.3 Å². The molecule has 0 saturated heterocycles. The minimum Gasteiger partial charge on any atom is -0.207 e. The van der Waals surface area contributed by atoms with Gasteiger partial charge in [0, 0.05) is 11.1 Å². The Morgan fingerprint density at radius 1 is 0.889 bits per heavy atom. The normalized spacial score (nSPS) is 19.5. The largest absolute Gasteiger partial charge is 0.207 e. The fraction of sp³-hybridized carbons (Fsp3) is 0.308. The monoisotopic (exact) mass is 356 g/mol. The Bertz CT molecular complexity index is 988. The molecule has 0 radical (unpaired) electrons. The van der Waals surface area contributed by atoms with Crippen LogP contribution in [0.15, 0.2) is 60.7 Å². The number of fused-ring (bicyclic) bond motifs is 1. The number of halogens is 1. The lowest BCUT2D eigenvalue weighted by Crippen LogP contribution is -2.18. The van der Waals surface area contributed by atoms with Gasteiger partial charge in [-0.15, -0.1) is 0 Å². The Balaban J connectivity index is 1.84. The molecule has 0 aromatic heterocycles. The van der Waals surface area contributed by atoms with E-state index in [2.05, 4.69) is 55.2 Å². The van der Waals surface area contributed by atoms with E-state index in [0.717, 1.165) is 17.0 Å². The van der Waals surface area contributed by atoms with Crippen molar-refractivity contribution in [2.24, 2.45) is 5.92 Å². The summed E-state index contributed by atoms with van der Waals surface area (Å²) in [6, 6.07) is 19.5. The molecule has 27 heavy (non-hydrogen) atoms. The van der Waals surface area contributed by atoms with Gasteiger partial charge in [0.15, 0.2) is 0 Å². The van der Waals surface area contributed by atoms with E-state index in [0.29, 0.717) is 5.92 Å². The maximum absolute atomic E-state index is 13.2. The van der Waals surface area contributed by atoms with E-state index < -0.39 is 0 Å². The zero-order valence-electron chi connectivity index (χ0n) is 15.8. The highest BCUT2D eigenvalue weighted by atomic mass is 19.1. The predicted molar refractivity (Wildman–Crippen MR) is 111 cm³/mol. The van der Waals surface area contributed by atoms with Gasteiger partial charge in [-0.2, -0.15) is 0 Å². The Morgan fingerprint density at radius 2 is 1.67 bits per heavy atom. The third-order valence-corrected chi connectivity index (χ3v) is 5.96. The van der Waals surface area contributed by atoms with Crippen molar-refractivity contribution >= 4 is 10.8 Å². The number of benzene rings is 3. The first-order valence-electron chi connectivity index (χ1n) is 10.1. The molecule has 0 nitrogen and oxygen atoms in total. The van der Waals surface area contributed by atoms with E-state index >= 15 is 0 Å². The van der Waals surface area contributed by atoms with Crippen LogP contribution in [0.3, 0.4) is 0 Å². The topological polar surface area (TPSA) is 0 Å². The summed E-state index contributed by atoms with van der Waals surface area (Å²) in [5.41, 5.74) is 3.41. The average Bonchev–Trinajstić information content (AvgIpc) is 2.73. The molecule has 1 aliphatic rings. The summed E-state index contributed by atoms with van der Waals surface area (Å²) in [5.74, 6) is 7.75. The fourth-order valence-corrected chi connectivity index (χ4v) is 4.55. The summed E-state index contributed by atoms with van der Waals surface area (Å²) in [5, 5.41) is 2.63. The first-order chi connectivity index (χ1) is 13.3. The Kier molecular flexibility index (Phi) is 5.26. The Morgan fingerprint density at radius 3 is 2.48 bits per heavy atom. The SMILES string of the molecule is CCC1CCCCC1c1c(C#Cc2ccc(F)cc2)ccc2ccccc12. The van der Waals surface area contributed by atoms with Gasteiger partial charge in [0.1, 0.15) is 5.82 Å². The Hall–Kier alpha value is -2.59. The highest BCUT2D eigenvalue weighted by Gasteiger charge is 2.28. The fourth-order valence-electron chi connectivity index (χ4n) is 4.55. The van der Waals surface area contributed by atoms with Crippen LogP contribution in [0, 0.1) is 23.6 Å². The third kappa shape index (κ3) is 3.76. The molecule has 1 saturated carbocycles. The van der Waals surface area contributed by atoms with Gasteiger partial charge in [0.25, 0.3) is 0 Å². The molecule has 1 fully saturated rings. The van der Waals surface area contributed by atoms with E-state index in [4.69, 9.17) is 0 Å². The van der Waals surface area contributed by atoms with Crippen LogP contribution in [0.5, 0.6) is 0 Å². The molecular weight excluding hydrogens is 331 g/mol. The number of hydrogen-bond acceptors (Lipinski definition) is 0. The second-order valence-corrected chi connectivity index (χ2v) is 7.56. The van der Waals surface area contributed by atoms with Gasteiger partial charge < -0.3 is 0 Å². The summed E-state index contributed by atoms with van der Waals surface area (Å²) in [7, 11) is 0. The molecule has 3 aromatic rings. The summed E-state index contributed by atoms with van der Waals surface area (Å²) < 4.78 is 13.2. The van der Waals surface area contributed by atoms with Crippen molar-refractivity contribution in [3.63, 3.8) is 0 Å². The lowest BCUT2D eigenvalue weighted by molar-refractivity contribution is 0.300. The number of rotatable bonds is 2. The standard InChI is InChI=1S/C26H25F/c1-2-20-7-3-5-9-24(20)26-22(14-11-19-12-17-23(27)18-13-19)16-15-21-8-4-6-10-25(21)26/h4,6,8,10,12-13,15-18,20,24H,2-3,5,7,9H2,1H3. The smallest absolute Gasteiger partial charge is 0.123 e. The van der Waals surface area contributed by atoms with Crippen molar-refractivity contribution in [3.05, 3.63) is 83.2 Å². The summed E-state index contributed by atoms with van der Waals surface area (Å²) in [6.07, 6.45) is 6.43. The molecule has 1 aliphatic carbocycles. The lowest BCUT2D eigenvalue weighted by atomic mass is 9.72. The van der Waals surface area contributed by atoms with Gasteiger partial charge in [0.2, 0.25) is 0 Å². The second kappa shape index (κ2) is 7.97. The van der Waals surface area contributed by atoms with Crippen LogP contribution in [0.1, 0.15) is 61.6 Å². The van der Waals surface area contributed by atoms with E-state index in [1.54, 1.807) is 12.1 Å². The average molecular weight is 356 g/mol. The summed E-state index contributed by atoms with van der Waals surface area (Å²) in [4.78, 5) is 0. The van der Waals surface area contributed by atoms with Crippen LogP contribution in [0.2, 0.25) is 0 Å². The molecule has 0 N–H and O–H groups in total. The van der Waals surface area contributed by atoms with Crippen molar-refractivity contribution in [2.75, 3.05) is 0 Å². The van der Waals surface area contributed by atoms with Crippen molar-refractivity contribution in [1.29, 1.82) is 0 Å². The zero-order valence-corrected chi connectivity index (χ0v) is 15.8. The molecule has 3 aromatic carbocycles. The van der Waals surface area contributed by atoms with Crippen molar-refractivity contribution in [1.82, 2.24) is 0 Å². The van der Waals surface area contributed by atoms with Gasteiger partial charge in [0.05, 0.1) is 0 Å².